The highest BCUT2D eigenvalue weighted by molar-refractivity contribution is 6.19. The number of nitrogens with zero attached hydrogens (tertiary/aromatic N) is 2. The van der Waals surface area contributed by atoms with Crippen molar-refractivity contribution in [1.82, 2.24) is 10.3 Å². The van der Waals surface area contributed by atoms with Gasteiger partial charge in [-0.2, -0.15) is 0 Å². The fourth-order valence-electron chi connectivity index (χ4n) is 2.21. The molecule has 1 amide bonds. The molecule has 1 saturated heterocycles. The van der Waals surface area contributed by atoms with Crippen LogP contribution in [0.3, 0.4) is 0 Å². The second-order valence-corrected chi connectivity index (χ2v) is 5.32. The quantitative estimate of drug-likeness (QED) is 0.859. The largest absolute Gasteiger partial charge is 0.356 e. The van der Waals surface area contributed by atoms with Gasteiger partial charge in [0.1, 0.15) is 5.82 Å². The molecule has 1 atom stereocenters. The molecule has 0 spiro atoms. The van der Waals surface area contributed by atoms with Crippen molar-refractivity contribution in [2.75, 3.05) is 23.9 Å². The Hall–Kier alpha value is -1.29. The Morgan fingerprint density at radius 1 is 1.53 bits per heavy atom. The molecule has 0 radical (unpaired) electrons. The molecule has 1 aliphatic heterocycles. The van der Waals surface area contributed by atoms with Gasteiger partial charge in [-0.1, -0.05) is 13.0 Å². The van der Waals surface area contributed by atoms with Crippen LogP contribution in [0.2, 0.25) is 0 Å². The molecule has 19 heavy (non-hydrogen) atoms. The zero-order chi connectivity index (χ0) is 13.7. The topological polar surface area (TPSA) is 45.2 Å². The minimum atomic E-state index is -0.115. The molecule has 1 aliphatic rings. The Morgan fingerprint density at radius 2 is 2.26 bits per heavy atom. The summed E-state index contributed by atoms with van der Waals surface area (Å²) in [5.41, 5.74) is 0. The molecule has 0 aromatic carbocycles. The predicted molar refractivity (Wildman–Crippen MR) is 77.5 cm³/mol. The SMILES string of the molecule is CC(CCl)C(=O)NC1CCN(c2ccccn2)CC1. The lowest BCUT2D eigenvalue weighted by Crippen LogP contribution is -2.46. The molecule has 0 bridgehead atoms. The van der Waals surface area contributed by atoms with E-state index in [-0.39, 0.29) is 17.9 Å². The summed E-state index contributed by atoms with van der Waals surface area (Å²) in [6.45, 7) is 3.71. The Morgan fingerprint density at radius 3 is 2.84 bits per heavy atom. The first-order chi connectivity index (χ1) is 9.20. The van der Waals surface area contributed by atoms with Gasteiger partial charge >= 0.3 is 0 Å². The van der Waals surface area contributed by atoms with Gasteiger partial charge in [-0.15, -0.1) is 11.6 Å². The van der Waals surface area contributed by atoms with E-state index in [1.54, 1.807) is 0 Å². The molecule has 1 aromatic rings. The highest BCUT2D eigenvalue weighted by Gasteiger charge is 2.22. The van der Waals surface area contributed by atoms with E-state index < -0.39 is 0 Å². The first-order valence-corrected chi connectivity index (χ1v) is 7.26. The summed E-state index contributed by atoms with van der Waals surface area (Å²) in [7, 11) is 0. The van der Waals surface area contributed by atoms with Crippen molar-refractivity contribution >= 4 is 23.3 Å². The number of carbonyl (C=O) groups is 1. The molecular weight excluding hydrogens is 262 g/mol. The summed E-state index contributed by atoms with van der Waals surface area (Å²) in [6, 6.07) is 6.20. The van der Waals surface area contributed by atoms with Crippen LogP contribution >= 0.6 is 11.6 Å². The van der Waals surface area contributed by atoms with Crippen LogP contribution in [0.4, 0.5) is 5.82 Å². The third kappa shape index (κ3) is 3.83. The normalized spacial score (nSPS) is 18.1. The highest BCUT2D eigenvalue weighted by Crippen LogP contribution is 2.17. The number of rotatable bonds is 4. The zero-order valence-corrected chi connectivity index (χ0v) is 11.9. The smallest absolute Gasteiger partial charge is 0.224 e. The van der Waals surface area contributed by atoms with E-state index in [9.17, 15) is 4.79 Å². The van der Waals surface area contributed by atoms with Crippen LogP contribution < -0.4 is 10.2 Å². The first kappa shape index (κ1) is 14.1. The molecule has 5 heteroatoms. The van der Waals surface area contributed by atoms with E-state index in [0.717, 1.165) is 31.7 Å². The average molecular weight is 282 g/mol. The van der Waals surface area contributed by atoms with Gasteiger partial charge in [0.05, 0.1) is 0 Å². The lowest BCUT2D eigenvalue weighted by atomic mass is 10.0. The summed E-state index contributed by atoms with van der Waals surface area (Å²) in [6.07, 6.45) is 3.72. The predicted octanol–water partition coefficient (Wildman–Crippen LogP) is 2.04. The summed E-state index contributed by atoms with van der Waals surface area (Å²) >= 11 is 5.69. The van der Waals surface area contributed by atoms with Gasteiger partial charge in [-0.3, -0.25) is 4.79 Å². The van der Waals surface area contributed by atoms with Crippen molar-refractivity contribution < 1.29 is 4.79 Å². The third-order valence-electron chi connectivity index (χ3n) is 3.49. The first-order valence-electron chi connectivity index (χ1n) is 6.73. The molecule has 1 aromatic heterocycles. The van der Waals surface area contributed by atoms with Gasteiger partial charge in [-0.25, -0.2) is 4.98 Å². The van der Waals surface area contributed by atoms with E-state index >= 15 is 0 Å². The Labute approximate surface area is 119 Å². The van der Waals surface area contributed by atoms with E-state index in [2.05, 4.69) is 15.2 Å². The maximum atomic E-state index is 11.8. The van der Waals surface area contributed by atoms with Crippen LogP contribution in [0.25, 0.3) is 0 Å². The Balaban J connectivity index is 1.81. The molecule has 1 fully saturated rings. The zero-order valence-electron chi connectivity index (χ0n) is 11.2. The maximum absolute atomic E-state index is 11.8. The standard InChI is InChI=1S/C14H20ClN3O/c1-11(10-15)14(19)17-12-5-8-18(9-6-12)13-4-2-3-7-16-13/h2-4,7,11-12H,5-6,8-10H2,1H3,(H,17,19). The Kier molecular flexibility index (Phi) is 5.02. The Bertz CT molecular complexity index is 404. The fourth-order valence-corrected chi connectivity index (χ4v) is 2.35. The summed E-state index contributed by atoms with van der Waals surface area (Å²) in [5, 5.41) is 3.07. The van der Waals surface area contributed by atoms with E-state index in [1.807, 2.05) is 31.3 Å². The monoisotopic (exact) mass is 281 g/mol. The number of alkyl halides is 1. The van der Waals surface area contributed by atoms with Gasteiger partial charge in [0.15, 0.2) is 0 Å². The number of amides is 1. The molecule has 1 N–H and O–H groups in total. The lowest BCUT2D eigenvalue weighted by Gasteiger charge is -2.33. The van der Waals surface area contributed by atoms with Gasteiger partial charge in [0.25, 0.3) is 0 Å². The molecule has 2 rings (SSSR count). The minimum absolute atomic E-state index is 0.0614. The van der Waals surface area contributed by atoms with Crippen LogP contribution in [-0.2, 0) is 4.79 Å². The molecule has 0 aliphatic carbocycles. The summed E-state index contributed by atoms with van der Waals surface area (Å²) in [4.78, 5) is 18.4. The van der Waals surface area contributed by atoms with E-state index in [4.69, 9.17) is 11.6 Å². The maximum Gasteiger partial charge on any atom is 0.224 e. The fraction of sp³-hybridized carbons (Fsp3) is 0.571. The number of hydrogen-bond donors (Lipinski definition) is 1. The summed E-state index contributed by atoms with van der Waals surface area (Å²) in [5.74, 6) is 1.33. The van der Waals surface area contributed by atoms with Gasteiger partial charge in [-0.05, 0) is 25.0 Å². The molecule has 1 unspecified atom stereocenters. The molecule has 2 heterocycles. The minimum Gasteiger partial charge on any atom is -0.356 e. The van der Waals surface area contributed by atoms with Crippen LogP contribution in [0.5, 0.6) is 0 Å². The molecular formula is C14H20ClN3O. The summed E-state index contributed by atoms with van der Waals surface area (Å²) < 4.78 is 0. The van der Waals surface area contributed by atoms with Crippen molar-refractivity contribution in [1.29, 1.82) is 0 Å². The molecule has 104 valence electrons. The van der Waals surface area contributed by atoms with Crippen LogP contribution in [0, 0.1) is 5.92 Å². The number of aromatic nitrogens is 1. The van der Waals surface area contributed by atoms with Crippen LogP contribution in [-0.4, -0.2) is 35.9 Å². The molecule has 4 nitrogen and oxygen atoms in total. The second kappa shape index (κ2) is 6.75. The number of halogens is 1. The highest BCUT2D eigenvalue weighted by atomic mass is 35.5. The van der Waals surface area contributed by atoms with Crippen molar-refractivity contribution in [2.45, 2.75) is 25.8 Å². The second-order valence-electron chi connectivity index (χ2n) is 5.01. The number of carbonyl (C=O) groups excluding carboxylic acids is 1. The van der Waals surface area contributed by atoms with Gasteiger partial charge < -0.3 is 10.2 Å². The third-order valence-corrected chi connectivity index (χ3v) is 3.96. The van der Waals surface area contributed by atoms with Crippen molar-refractivity contribution in [3.63, 3.8) is 0 Å². The average Bonchev–Trinajstić information content (AvgIpc) is 2.48. The van der Waals surface area contributed by atoms with Gasteiger partial charge in [0, 0.05) is 37.1 Å². The number of pyridine rings is 1. The van der Waals surface area contributed by atoms with E-state index in [0.29, 0.717) is 5.88 Å². The van der Waals surface area contributed by atoms with E-state index in [1.165, 1.54) is 0 Å². The molecule has 0 saturated carbocycles. The number of hydrogen-bond acceptors (Lipinski definition) is 3. The number of nitrogens with one attached hydrogen (secondary N) is 1. The van der Waals surface area contributed by atoms with Crippen LogP contribution in [0.15, 0.2) is 24.4 Å². The number of piperidine rings is 1. The van der Waals surface area contributed by atoms with Crippen molar-refractivity contribution in [3.8, 4) is 0 Å². The van der Waals surface area contributed by atoms with Crippen LogP contribution in [0.1, 0.15) is 19.8 Å². The lowest BCUT2D eigenvalue weighted by molar-refractivity contribution is -0.124. The van der Waals surface area contributed by atoms with Crippen molar-refractivity contribution in [2.24, 2.45) is 5.92 Å². The number of anilines is 1. The van der Waals surface area contributed by atoms with Gasteiger partial charge in [0.2, 0.25) is 5.91 Å². The van der Waals surface area contributed by atoms with Crippen molar-refractivity contribution in [3.05, 3.63) is 24.4 Å².